The highest BCUT2D eigenvalue weighted by Crippen LogP contribution is 2.25. The van der Waals surface area contributed by atoms with E-state index in [-0.39, 0.29) is 12.5 Å². The SMILES string of the molecule is O=C(c1ccc(-n2cnnc2)cc1Cl)N1CCC[C@](O)(CO)CC1. The van der Waals surface area contributed by atoms with Crippen molar-refractivity contribution in [3.63, 3.8) is 0 Å². The molecular formula is C16H19ClN4O3. The molecule has 1 fully saturated rings. The van der Waals surface area contributed by atoms with Gasteiger partial charge in [0.2, 0.25) is 0 Å². The van der Waals surface area contributed by atoms with Crippen LogP contribution in [-0.2, 0) is 0 Å². The number of carbonyl (C=O) groups excluding carboxylic acids is 1. The average molecular weight is 351 g/mol. The minimum Gasteiger partial charge on any atom is -0.393 e. The summed E-state index contributed by atoms with van der Waals surface area (Å²) in [5.74, 6) is -0.169. The molecule has 1 aliphatic heterocycles. The molecule has 128 valence electrons. The second-order valence-corrected chi connectivity index (χ2v) is 6.47. The van der Waals surface area contributed by atoms with E-state index in [2.05, 4.69) is 10.2 Å². The molecule has 2 N–H and O–H groups in total. The lowest BCUT2D eigenvalue weighted by atomic mass is 9.96. The minimum atomic E-state index is -1.10. The van der Waals surface area contributed by atoms with Gasteiger partial charge in [0.05, 0.1) is 22.8 Å². The predicted octanol–water partition coefficient (Wildman–Crippen LogP) is 1.27. The Bertz CT molecular complexity index is 722. The predicted molar refractivity (Wildman–Crippen MR) is 88.2 cm³/mol. The van der Waals surface area contributed by atoms with E-state index in [1.807, 2.05) is 0 Å². The van der Waals surface area contributed by atoms with Crippen LogP contribution < -0.4 is 0 Å². The molecule has 7 nitrogen and oxygen atoms in total. The number of carbonyl (C=O) groups is 1. The number of benzene rings is 1. The van der Waals surface area contributed by atoms with E-state index in [0.717, 1.165) is 5.69 Å². The van der Waals surface area contributed by atoms with Gasteiger partial charge in [-0.25, -0.2) is 0 Å². The lowest BCUT2D eigenvalue weighted by Gasteiger charge is -2.24. The van der Waals surface area contributed by atoms with E-state index in [0.29, 0.717) is 42.9 Å². The lowest BCUT2D eigenvalue weighted by Crippen LogP contribution is -2.36. The van der Waals surface area contributed by atoms with Crippen LogP contribution in [0.3, 0.4) is 0 Å². The topological polar surface area (TPSA) is 91.5 Å². The molecule has 0 aliphatic carbocycles. The van der Waals surface area contributed by atoms with Gasteiger partial charge in [0.1, 0.15) is 12.7 Å². The monoisotopic (exact) mass is 350 g/mol. The number of amides is 1. The molecule has 1 amide bonds. The van der Waals surface area contributed by atoms with Crippen molar-refractivity contribution < 1.29 is 15.0 Å². The zero-order chi connectivity index (χ0) is 17.2. The Hall–Kier alpha value is -1.96. The minimum absolute atomic E-state index is 0.169. The molecule has 1 aliphatic rings. The van der Waals surface area contributed by atoms with Crippen LogP contribution in [0.4, 0.5) is 0 Å². The van der Waals surface area contributed by atoms with Crippen molar-refractivity contribution in [2.45, 2.75) is 24.9 Å². The summed E-state index contributed by atoms with van der Waals surface area (Å²) in [5.41, 5.74) is 0.0897. The summed E-state index contributed by atoms with van der Waals surface area (Å²) in [6.45, 7) is 0.632. The first-order valence-electron chi connectivity index (χ1n) is 7.79. The van der Waals surface area contributed by atoms with Crippen molar-refractivity contribution in [1.82, 2.24) is 19.7 Å². The van der Waals surface area contributed by atoms with E-state index < -0.39 is 5.60 Å². The quantitative estimate of drug-likeness (QED) is 0.869. The van der Waals surface area contributed by atoms with Crippen molar-refractivity contribution >= 4 is 17.5 Å². The van der Waals surface area contributed by atoms with Crippen LogP contribution in [0.25, 0.3) is 5.69 Å². The number of halogens is 1. The highest BCUT2D eigenvalue weighted by Gasteiger charge is 2.31. The Morgan fingerprint density at radius 3 is 2.67 bits per heavy atom. The van der Waals surface area contributed by atoms with Gasteiger partial charge in [0.25, 0.3) is 5.91 Å². The van der Waals surface area contributed by atoms with Gasteiger partial charge in [0, 0.05) is 18.8 Å². The molecule has 8 heteroatoms. The Balaban J connectivity index is 1.78. The number of rotatable bonds is 3. The molecule has 1 saturated heterocycles. The van der Waals surface area contributed by atoms with Crippen molar-refractivity contribution in [1.29, 1.82) is 0 Å². The van der Waals surface area contributed by atoms with Crippen LogP contribution in [0.5, 0.6) is 0 Å². The third-order valence-electron chi connectivity index (χ3n) is 4.40. The standard InChI is InChI=1S/C16H19ClN4O3/c17-14-8-12(21-10-18-19-11-21)2-3-13(14)15(23)20-6-1-4-16(24,9-22)5-7-20/h2-3,8,10-11,22,24H,1,4-7,9H2/t16-/m1/s1. The molecular weight excluding hydrogens is 332 g/mol. The van der Waals surface area contributed by atoms with Gasteiger partial charge in [-0.3, -0.25) is 9.36 Å². The summed E-state index contributed by atoms with van der Waals surface area (Å²) in [4.78, 5) is 14.4. The Morgan fingerprint density at radius 1 is 1.25 bits per heavy atom. The third kappa shape index (κ3) is 3.43. The van der Waals surface area contributed by atoms with E-state index in [1.165, 1.54) is 0 Å². The molecule has 0 unspecified atom stereocenters. The van der Waals surface area contributed by atoms with Crippen molar-refractivity contribution in [3.8, 4) is 5.69 Å². The molecule has 0 saturated carbocycles. The summed E-state index contributed by atoms with van der Waals surface area (Å²) in [6, 6.07) is 5.16. The van der Waals surface area contributed by atoms with E-state index in [4.69, 9.17) is 11.6 Å². The first kappa shape index (κ1) is 16.9. The summed E-state index contributed by atoms with van der Waals surface area (Å²) in [5, 5.41) is 27.3. The zero-order valence-electron chi connectivity index (χ0n) is 13.1. The fourth-order valence-electron chi connectivity index (χ4n) is 2.88. The maximum Gasteiger partial charge on any atom is 0.255 e. The van der Waals surface area contributed by atoms with E-state index in [9.17, 15) is 15.0 Å². The maximum atomic E-state index is 12.7. The molecule has 1 aromatic heterocycles. The summed E-state index contributed by atoms with van der Waals surface area (Å²) in [6.07, 6.45) is 4.58. The van der Waals surface area contributed by atoms with Crippen molar-refractivity contribution in [2.75, 3.05) is 19.7 Å². The van der Waals surface area contributed by atoms with Crippen molar-refractivity contribution in [2.24, 2.45) is 0 Å². The largest absolute Gasteiger partial charge is 0.393 e. The molecule has 1 aromatic carbocycles. The summed E-state index contributed by atoms with van der Waals surface area (Å²) < 4.78 is 1.70. The second-order valence-electron chi connectivity index (χ2n) is 6.06. The number of aliphatic hydroxyl groups is 2. The smallest absolute Gasteiger partial charge is 0.255 e. The zero-order valence-corrected chi connectivity index (χ0v) is 13.9. The van der Waals surface area contributed by atoms with Crippen LogP contribution in [-0.4, -0.2) is 61.1 Å². The van der Waals surface area contributed by atoms with Gasteiger partial charge in [-0.2, -0.15) is 0 Å². The number of likely N-dealkylation sites (tertiary alicyclic amines) is 1. The first-order chi connectivity index (χ1) is 11.5. The molecule has 2 heterocycles. The van der Waals surface area contributed by atoms with Crippen molar-refractivity contribution in [3.05, 3.63) is 41.4 Å². The summed E-state index contributed by atoms with van der Waals surface area (Å²) >= 11 is 6.29. The molecule has 0 spiro atoms. The average Bonchev–Trinajstić information content (AvgIpc) is 3.04. The molecule has 2 aromatic rings. The van der Waals surface area contributed by atoms with Crippen LogP contribution in [0, 0.1) is 0 Å². The first-order valence-corrected chi connectivity index (χ1v) is 8.17. The normalized spacial score (nSPS) is 21.5. The Morgan fingerprint density at radius 2 is 2.00 bits per heavy atom. The molecule has 24 heavy (non-hydrogen) atoms. The van der Waals surface area contributed by atoms with Crippen LogP contribution in [0.1, 0.15) is 29.6 Å². The van der Waals surface area contributed by atoms with Gasteiger partial charge in [-0.1, -0.05) is 11.6 Å². The molecule has 0 bridgehead atoms. The number of aromatic nitrogens is 3. The number of aliphatic hydroxyl groups excluding tert-OH is 1. The Kier molecular flexibility index (Phi) is 4.84. The number of hydrogen-bond acceptors (Lipinski definition) is 5. The van der Waals surface area contributed by atoms with Gasteiger partial charge >= 0.3 is 0 Å². The lowest BCUT2D eigenvalue weighted by molar-refractivity contribution is -0.0250. The fourth-order valence-corrected chi connectivity index (χ4v) is 3.14. The third-order valence-corrected chi connectivity index (χ3v) is 4.71. The highest BCUT2D eigenvalue weighted by atomic mass is 35.5. The fraction of sp³-hybridized carbons (Fsp3) is 0.438. The van der Waals surface area contributed by atoms with Gasteiger partial charge in [0.15, 0.2) is 0 Å². The van der Waals surface area contributed by atoms with Crippen LogP contribution >= 0.6 is 11.6 Å². The van der Waals surface area contributed by atoms with Gasteiger partial charge < -0.3 is 15.1 Å². The van der Waals surface area contributed by atoms with E-state index in [1.54, 1.807) is 40.3 Å². The molecule has 0 radical (unpaired) electrons. The maximum absolute atomic E-state index is 12.7. The Labute approximate surface area is 144 Å². The van der Waals surface area contributed by atoms with Crippen LogP contribution in [0.15, 0.2) is 30.9 Å². The van der Waals surface area contributed by atoms with Gasteiger partial charge in [-0.05, 0) is 37.5 Å². The molecule has 3 rings (SSSR count). The number of nitrogens with zero attached hydrogens (tertiary/aromatic N) is 4. The van der Waals surface area contributed by atoms with Gasteiger partial charge in [-0.15, -0.1) is 10.2 Å². The summed E-state index contributed by atoms with van der Waals surface area (Å²) in [7, 11) is 0. The second kappa shape index (κ2) is 6.88. The van der Waals surface area contributed by atoms with E-state index >= 15 is 0 Å². The number of hydrogen-bond donors (Lipinski definition) is 2. The molecule has 1 atom stereocenters. The van der Waals surface area contributed by atoms with Crippen LogP contribution in [0.2, 0.25) is 5.02 Å². The highest BCUT2D eigenvalue weighted by molar-refractivity contribution is 6.34.